The second kappa shape index (κ2) is 10.7. The third kappa shape index (κ3) is 6.14. The Bertz CT molecular complexity index is 1290. The van der Waals surface area contributed by atoms with Crippen molar-refractivity contribution in [3.63, 3.8) is 0 Å². The van der Waals surface area contributed by atoms with E-state index in [1.807, 2.05) is 101 Å². The minimum atomic E-state index is -1.85. The van der Waals surface area contributed by atoms with Crippen LogP contribution in [0.3, 0.4) is 0 Å². The van der Waals surface area contributed by atoms with E-state index in [-0.39, 0.29) is 5.75 Å². The van der Waals surface area contributed by atoms with Gasteiger partial charge in [0.25, 0.3) is 0 Å². The number of rotatable bonds is 7. The molecule has 0 aromatic heterocycles. The molecule has 1 N–H and O–H groups in total. The number of hydrogen-bond acceptors (Lipinski definition) is 4. The van der Waals surface area contributed by atoms with E-state index in [0.29, 0.717) is 17.2 Å². The monoisotopic (exact) mass is 504 g/mol. The largest absolute Gasteiger partial charge is 0.530 e. The maximum absolute atomic E-state index is 10.9. The molecule has 0 bridgehead atoms. The summed E-state index contributed by atoms with van der Waals surface area (Å²) in [5.74, 6) is 2.17. The lowest BCUT2D eigenvalue weighted by molar-refractivity contribution is 0.387. The summed E-state index contributed by atoms with van der Waals surface area (Å²) >= 11 is 0. The van der Waals surface area contributed by atoms with Crippen LogP contribution >= 0.6 is 17.8 Å². The highest BCUT2D eigenvalue weighted by atomic mass is 31.2. The molecule has 180 valence electrons. The number of hydrogen-bond donors (Lipinski definition) is 1. The molecule has 0 saturated heterocycles. The quantitative estimate of drug-likeness (QED) is 0.260. The van der Waals surface area contributed by atoms with Gasteiger partial charge in [-0.05, 0) is 98.6 Å². The fraction of sp³-hybridized carbons (Fsp3) is 0.172. The number of phenolic OH excluding ortho intramolecular Hbond substituents is 1. The lowest BCUT2D eigenvalue weighted by Crippen LogP contribution is -2.05. The van der Waals surface area contributed by atoms with Gasteiger partial charge in [-0.1, -0.05) is 42.0 Å². The van der Waals surface area contributed by atoms with Gasteiger partial charge in [0.1, 0.15) is 23.0 Å². The van der Waals surface area contributed by atoms with E-state index in [1.165, 1.54) is 0 Å². The van der Waals surface area contributed by atoms with Gasteiger partial charge in [0.2, 0.25) is 0 Å². The zero-order chi connectivity index (χ0) is 25.1. The molecule has 0 aliphatic heterocycles. The summed E-state index contributed by atoms with van der Waals surface area (Å²) in [6.07, 6.45) is 0. The van der Waals surface area contributed by atoms with Gasteiger partial charge in [-0.2, -0.15) is 0 Å². The minimum absolute atomic E-state index is 0.242. The van der Waals surface area contributed by atoms with E-state index < -0.39 is 8.60 Å². The molecule has 4 nitrogen and oxygen atoms in total. The van der Waals surface area contributed by atoms with Crippen molar-refractivity contribution in [2.45, 2.75) is 34.6 Å². The van der Waals surface area contributed by atoms with E-state index >= 15 is 0 Å². The third-order valence-corrected chi connectivity index (χ3v) is 7.02. The first-order chi connectivity index (χ1) is 16.7. The molecule has 4 rings (SSSR count). The van der Waals surface area contributed by atoms with E-state index in [0.717, 1.165) is 44.2 Å². The first kappa shape index (κ1) is 25.0. The highest BCUT2D eigenvalue weighted by Gasteiger charge is 2.25. The summed E-state index contributed by atoms with van der Waals surface area (Å²) in [6.45, 7) is 9.98. The molecule has 0 aliphatic carbocycles. The maximum Gasteiger partial charge on any atom is 0.530 e. The predicted octanol–water partition coefficient (Wildman–Crippen LogP) is 7.87. The standard InChI is InChI=1S/C29H30O4P2/c1-18-6-8-23(9-7-18)31-35(32-24-10-12-25(34)13-11-24)33-29-22(5)15-20(3)17-27(29)26-16-19(2)14-21(4)28(26)30/h6-17,30H,34H2,1-5H3. The average Bonchev–Trinajstić information content (AvgIpc) is 2.81. The van der Waals surface area contributed by atoms with Gasteiger partial charge in [0, 0.05) is 11.1 Å². The SMILES string of the molecule is Cc1ccc(OP(Oc2ccc(P)cc2)Oc2c(C)cc(C)cc2-c2cc(C)cc(C)c2O)cc1. The Kier molecular flexibility index (Phi) is 7.65. The molecule has 0 fully saturated rings. The molecule has 35 heavy (non-hydrogen) atoms. The third-order valence-electron chi connectivity index (χ3n) is 5.58. The lowest BCUT2D eigenvalue weighted by Gasteiger charge is -2.22. The van der Waals surface area contributed by atoms with Crippen LogP contribution in [-0.2, 0) is 0 Å². The van der Waals surface area contributed by atoms with E-state index in [4.69, 9.17) is 13.6 Å². The van der Waals surface area contributed by atoms with Gasteiger partial charge >= 0.3 is 8.60 Å². The van der Waals surface area contributed by atoms with Crippen molar-refractivity contribution in [3.8, 4) is 34.1 Å². The summed E-state index contributed by atoms with van der Waals surface area (Å²) in [6, 6.07) is 23.5. The molecular weight excluding hydrogens is 474 g/mol. The zero-order valence-electron chi connectivity index (χ0n) is 20.6. The van der Waals surface area contributed by atoms with Crippen LogP contribution in [0.4, 0.5) is 0 Å². The second-order valence-corrected chi connectivity index (χ2v) is 10.5. The van der Waals surface area contributed by atoms with Crippen molar-refractivity contribution in [1.29, 1.82) is 0 Å². The molecule has 0 spiro atoms. The molecule has 4 aromatic carbocycles. The number of phenols is 1. The van der Waals surface area contributed by atoms with Crippen molar-refractivity contribution >= 4 is 23.1 Å². The Balaban J connectivity index is 1.77. The summed E-state index contributed by atoms with van der Waals surface area (Å²) in [5, 5.41) is 12.0. The fourth-order valence-electron chi connectivity index (χ4n) is 3.87. The Morgan fingerprint density at radius 1 is 0.600 bits per heavy atom. The first-order valence-corrected chi connectivity index (χ1v) is 13.0. The van der Waals surface area contributed by atoms with Gasteiger partial charge in [0.05, 0.1) is 0 Å². The topological polar surface area (TPSA) is 47.9 Å². The van der Waals surface area contributed by atoms with Crippen LogP contribution in [0.5, 0.6) is 23.0 Å². The molecular formula is C29H30O4P2. The van der Waals surface area contributed by atoms with E-state index in [1.54, 1.807) is 0 Å². The van der Waals surface area contributed by atoms with Gasteiger partial charge in [0.15, 0.2) is 0 Å². The lowest BCUT2D eigenvalue weighted by atomic mass is 9.95. The van der Waals surface area contributed by atoms with Gasteiger partial charge in [-0.15, -0.1) is 9.24 Å². The molecule has 6 heteroatoms. The van der Waals surface area contributed by atoms with Crippen LogP contribution in [0, 0.1) is 34.6 Å². The Labute approximate surface area is 211 Å². The molecule has 4 aromatic rings. The molecule has 0 saturated carbocycles. The summed E-state index contributed by atoms with van der Waals surface area (Å²) < 4.78 is 18.9. The second-order valence-electron chi connectivity index (χ2n) is 8.82. The summed E-state index contributed by atoms with van der Waals surface area (Å²) in [7, 11) is 0.812. The number of benzene rings is 4. The summed E-state index contributed by atoms with van der Waals surface area (Å²) in [5.41, 5.74) is 6.55. The fourth-order valence-corrected chi connectivity index (χ4v) is 5.15. The van der Waals surface area contributed by atoms with Crippen LogP contribution < -0.4 is 18.9 Å². The van der Waals surface area contributed by atoms with Gasteiger partial charge in [-0.25, -0.2) is 0 Å². The Morgan fingerprint density at radius 2 is 1.11 bits per heavy atom. The number of aromatic hydroxyl groups is 1. The van der Waals surface area contributed by atoms with Crippen molar-refractivity contribution in [2.24, 2.45) is 0 Å². The average molecular weight is 505 g/mol. The van der Waals surface area contributed by atoms with Crippen LogP contribution in [0.2, 0.25) is 0 Å². The smallest absolute Gasteiger partial charge is 0.507 e. The summed E-state index contributed by atoms with van der Waals surface area (Å²) in [4.78, 5) is 0. The van der Waals surface area contributed by atoms with Gasteiger partial charge < -0.3 is 18.7 Å². The van der Waals surface area contributed by atoms with Crippen molar-refractivity contribution in [1.82, 2.24) is 0 Å². The Hall–Kier alpha value is -3.06. The van der Waals surface area contributed by atoms with Crippen molar-refractivity contribution in [3.05, 3.63) is 101 Å². The van der Waals surface area contributed by atoms with E-state index in [2.05, 4.69) is 15.3 Å². The van der Waals surface area contributed by atoms with Gasteiger partial charge in [-0.3, -0.25) is 0 Å². The minimum Gasteiger partial charge on any atom is -0.507 e. The number of aryl methyl sites for hydroxylation is 5. The molecule has 0 amide bonds. The molecule has 2 unspecified atom stereocenters. The maximum atomic E-state index is 10.9. The molecule has 0 aliphatic rings. The highest BCUT2D eigenvalue weighted by molar-refractivity contribution is 7.43. The molecule has 0 heterocycles. The molecule has 2 atom stereocenters. The van der Waals surface area contributed by atoms with Crippen LogP contribution in [0.25, 0.3) is 11.1 Å². The van der Waals surface area contributed by atoms with Crippen molar-refractivity contribution < 1.29 is 18.7 Å². The van der Waals surface area contributed by atoms with E-state index in [9.17, 15) is 5.11 Å². The normalized spacial score (nSPS) is 11.7. The van der Waals surface area contributed by atoms with Crippen LogP contribution in [0.1, 0.15) is 27.8 Å². The van der Waals surface area contributed by atoms with Crippen LogP contribution in [0.15, 0.2) is 72.8 Å². The zero-order valence-corrected chi connectivity index (χ0v) is 22.7. The predicted molar refractivity (Wildman–Crippen MR) is 148 cm³/mol. The molecule has 0 radical (unpaired) electrons. The Morgan fingerprint density at radius 3 is 1.71 bits per heavy atom. The first-order valence-electron chi connectivity index (χ1n) is 11.4. The highest BCUT2D eigenvalue weighted by Crippen LogP contribution is 2.48. The van der Waals surface area contributed by atoms with Crippen LogP contribution in [-0.4, -0.2) is 5.11 Å². The van der Waals surface area contributed by atoms with Crippen molar-refractivity contribution in [2.75, 3.05) is 0 Å².